The molecule has 0 N–H and O–H groups in total. The van der Waals surface area contributed by atoms with Gasteiger partial charge in [0.1, 0.15) is 0 Å². The summed E-state index contributed by atoms with van der Waals surface area (Å²) in [6, 6.07) is -0.0611. The fourth-order valence-corrected chi connectivity index (χ4v) is 1.83. The lowest BCUT2D eigenvalue weighted by molar-refractivity contribution is -0.150. The molecule has 1 aliphatic heterocycles. The lowest BCUT2D eigenvalue weighted by atomic mass is 10.2. The Morgan fingerprint density at radius 2 is 2.07 bits per heavy atom. The van der Waals surface area contributed by atoms with Crippen LogP contribution in [0.2, 0.25) is 0 Å². The number of rotatable bonds is 4. The number of nitrogens with zero attached hydrogens (tertiary/aromatic N) is 1. The lowest BCUT2D eigenvalue weighted by Gasteiger charge is -2.25. The van der Waals surface area contributed by atoms with Gasteiger partial charge in [0.15, 0.2) is 0 Å². The van der Waals surface area contributed by atoms with Crippen molar-refractivity contribution in [3.8, 4) is 0 Å². The molecule has 1 saturated heterocycles. The predicted molar refractivity (Wildman–Crippen MR) is 51.7 cm³/mol. The third-order valence-corrected chi connectivity index (χ3v) is 2.50. The molecule has 15 heavy (non-hydrogen) atoms. The van der Waals surface area contributed by atoms with Gasteiger partial charge in [-0.3, -0.25) is 4.90 Å². The standard InChI is InChI=1S/C10H18F3NO/c1-8(2)15-6-9-4-3-5-14(9)7-10(11,12)13/h8-9H,3-7H2,1-2H3. The topological polar surface area (TPSA) is 12.5 Å². The minimum Gasteiger partial charge on any atom is -0.377 e. The summed E-state index contributed by atoms with van der Waals surface area (Å²) in [7, 11) is 0. The second kappa shape index (κ2) is 5.16. The van der Waals surface area contributed by atoms with Crippen molar-refractivity contribution >= 4 is 0 Å². The Balaban J connectivity index is 2.36. The zero-order valence-corrected chi connectivity index (χ0v) is 9.18. The van der Waals surface area contributed by atoms with E-state index in [0.29, 0.717) is 13.2 Å². The fourth-order valence-electron chi connectivity index (χ4n) is 1.83. The Morgan fingerprint density at radius 1 is 1.40 bits per heavy atom. The molecule has 0 bridgehead atoms. The largest absolute Gasteiger partial charge is 0.401 e. The van der Waals surface area contributed by atoms with Crippen molar-refractivity contribution < 1.29 is 17.9 Å². The second-order valence-electron chi connectivity index (χ2n) is 4.26. The first-order valence-electron chi connectivity index (χ1n) is 5.31. The van der Waals surface area contributed by atoms with Gasteiger partial charge in [-0.25, -0.2) is 0 Å². The lowest BCUT2D eigenvalue weighted by Crippen LogP contribution is -2.40. The molecule has 90 valence electrons. The molecule has 0 aromatic rings. The number of likely N-dealkylation sites (tertiary alicyclic amines) is 1. The van der Waals surface area contributed by atoms with E-state index in [-0.39, 0.29) is 12.1 Å². The number of alkyl halides is 3. The zero-order valence-electron chi connectivity index (χ0n) is 9.18. The maximum atomic E-state index is 12.2. The third-order valence-electron chi connectivity index (χ3n) is 2.50. The number of halogens is 3. The van der Waals surface area contributed by atoms with E-state index in [9.17, 15) is 13.2 Å². The second-order valence-corrected chi connectivity index (χ2v) is 4.26. The van der Waals surface area contributed by atoms with Gasteiger partial charge in [0.25, 0.3) is 0 Å². The van der Waals surface area contributed by atoms with Crippen molar-refractivity contribution in [1.29, 1.82) is 0 Å². The van der Waals surface area contributed by atoms with Gasteiger partial charge in [0.2, 0.25) is 0 Å². The summed E-state index contributed by atoms with van der Waals surface area (Å²) in [6.07, 6.45) is -2.37. The van der Waals surface area contributed by atoms with Gasteiger partial charge in [-0.05, 0) is 33.2 Å². The van der Waals surface area contributed by atoms with Crippen LogP contribution in [0.25, 0.3) is 0 Å². The van der Waals surface area contributed by atoms with E-state index in [1.165, 1.54) is 4.90 Å². The molecule has 0 aliphatic carbocycles. The molecule has 0 spiro atoms. The average molecular weight is 225 g/mol. The Bertz CT molecular complexity index is 194. The molecule has 1 rings (SSSR count). The molecular formula is C10H18F3NO. The molecule has 1 atom stereocenters. The van der Waals surface area contributed by atoms with Crippen molar-refractivity contribution in [3.05, 3.63) is 0 Å². The van der Waals surface area contributed by atoms with Gasteiger partial charge < -0.3 is 4.74 Å². The van der Waals surface area contributed by atoms with Gasteiger partial charge in [0, 0.05) is 6.04 Å². The van der Waals surface area contributed by atoms with Crippen molar-refractivity contribution in [3.63, 3.8) is 0 Å². The van der Waals surface area contributed by atoms with Crippen molar-refractivity contribution in [2.75, 3.05) is 19.7 Å². The van der Waals surface area contributed by atoms with Crippen molar-refractivity contribution in [2.45, 2.75) is 45.0 Å². The van der Waals surface area contributed by atoms with E-state index >= 15 is 0 Å². The van der Waals surface area contributed by atoms with E-state index in [4.69, 9.17) is 4.74 Å². The highest BCUT2D eigenvalue weighted by Crippen LogP contribution is 2.24. The van der Waals surface area contributed by atoms with Gasteiger partial charge in [-0.15, -0.1) is 0 Å². The summed E-state index contributed by atoms with van der Waals surface area (Å²) >= 11 is 0. The summed E-state index contributed by atoms with van der Waals surface area (Å²) in [5, 5.41) is 0. The Hall–Kier alpha value is -0.290. The monoisotopic (exact) mass is 225 g/mol. The fraction of sp³-hybridized carbons (Fsp3) is 1.00. The average Bonchev–Trinajstić information content (AvgIpc) is 2.45. The highest BCUT2D eigenvalue weighted by atomic mass is 19.4. The predicted octanol–water partition coefficient (Wildman–Crippen LogP) is 2.44. The minimum atomic E-state index is -4.10. The number of ether oxygens (including phenoxy) is 1. The highest BCUT2D eigenvalue weighted by molar-refractivity contribution is 4.80. The van der Waals surface area contributed by atoms with Crippen LogP contribution in [0.4, 0.5) is 13.2 Å². The summed E-state index contributed by atoms with van der Waals surface area (Å²) in [4.78, 5) is 1.47. The summed E-state index contributed by atoms with van der Waals surface area (Å²) < 4.78 is 42.0. The first-order chi connectivity index (χ1) is 6.88. The molecule has 1 heterocycles. The van der Waals surface area contributed by atoms with Crippen LogP contribution in [0.15, 0.2) is 0 Å². The van der Waals surface area contributed by atoms with Crippen LogP contribution in [0.3, 0.4) is 0 Å². The molecule has 0 saturated carbocycles. The molecule has 0 radical (unpaired) electrons. The highest BCUT2D eigenvalue weighted by Gasteiger charge is 2.36. The zero-order chi connectivity index (χ0) is 11.5. The van der Waals surface area contributed by atoms with Crippen molar-refractivity contribution in [2.24, 2.45) is 0 Å². The van der Waals surface area contributed by atoms with Crippen LogP contribution in [-0.4, -0.2) is 42.9 Å². The van der Waals surface area contributed by atoms with Crippen LogP contribution in [0.1, 0.15) is 26.7 Å². The number of hydrogen-bond acceptors (Lipinski definition) is 2. The maximum absolute atomic E-state index is 12.2. The SMILES string of the molecule is CC(C)OCC1CCCN1CC(F)(F)F. The summed E-state index contributed by atoms with van der Waals surface area (Å²) in [6.45, 7) is 3.92. The molecule has 0 aromatic heterocycles. The van der Waals surface area contributed by atoms with Gasteiger partial charge in [0.05, 0.1) is 19.3 Å². The van der Waals surface area contributed by atoms with E-state index in [2.05, 4.69) is 0 Å². The quantitative estimate of drug-likeness (QED) is 0.728. The van der Waals surface area contributed by atoms with Crippen LogP contribution >= 0.6 is 0 Å². The normalized spacial score (nSPS) is 24.0. The first-order valence-corrected chi connectivity index (χ1v) is 5.31. The summed E-state index contributed by atoms with van der Waals surface area (Å²) in [5.41, 5.74) is 0. The maximum Gasteiger partial charge on any atom is 0.401 e. The van der Waals surface area contributed by atoms with Crippen LogP contribution < -0.4 is 0 Å². The Kier molecular flexibility index (Phi) is 4.40. The molecule has 0 aromatic carbocycles. The van der Waals surface area contributed by atoms with Gasteiger partial charge in [-0.2, -0.15) is 13.2 Å². The minimum absolute atomic E-state index is 0.0611. The van der Waals surface area contributed by atoms with E-state index in [1.807, 2.05) is 13.8 Å². The van der Waals surface area contributed by atoms with Gasteiger partial charge in [-0.1, -0.05) is 0 Å². The summed E-state index contributed by atoms with van der Waals surface area (Å²) in [5.74, 6) is 0. The van der Waals surface area contributed by atoms with Crippen LogP contribution in [0, 0.1) is 0 Å². The smallest absolute Gasteiger partial charge is 0.377 e. The van der Waals surface area contributed by atoms with Crippen LogP contribution in [-0.2, 0) is 4.74 Å². The van der Waals surface area contributed by atoms with E-state index < -0.39 is 12.7 Å². The molecule has 2 nitrogen and oxygen atoms in total. The first kappa shape index (κ1) is 12.8. The number of hydrogen-bond donors (Lipinski definition) is 0. The Labute approximate surface area is 88.4 Å². The Morgan fingerprint density at radius 3 is 2.60 bits per heavy atom. The van der Waals surface area contributed by atoms with Crippen LogP contribution in [0.5, 0.6) is 0 Å². The van der Waals surface area contributed by atoms with Crippen molar-refractivity contribution in [1.82, 2.24) is 4.90 Å². The molecule has 0 amide bonds. The third kappa shape index (κ3) is 4.84. The van der Waals surface area contributed by atoms with E-state index in [1.54, 1.807) is 0 Å². The van der Waals surface area contributed by atoms with E-state index in [0.717, 1.165) is 12.8 Å². The van der Waals surface area contributed by atoms with Gasteiger partial charge >= 0.3 is 6.18 Å². The molecule has 1 unspecified atom stereocenters. The molecular weight excluding hydrogens is 207 g/mol. The molecule has 1 aliphatic rings. The molecule has 5 heteroatoms. The molecule has 1 fully saturated rings.